The number of likely N-dealkylation sites (tertiary alicyclic amines) is 1. The molecule has 18 heteroatoms. The summed E-state index contributed by atoms with van der Waals surface area (Å²) in [6, 6.07) is 1.96. The zero-order valence-electron chi connectivity index (χ0n) is 46.4. The number of hydrogen-bond acceptors (Lipinski definition) is 15. The van der Waals surface area contributed by atoms with E-state index in [4.69, 9.17) is 18.9 Å². The molecule has 4 N–H and O–H groups in total. The quantitative estimate of drug-likeness (QED) is 0.176. The van der Waals surface area contributed by atoms with Gasteiger partial charge in [0, 0.05) is 87.5 Å². The van der Waals surface area contributed by atoms with Crippen LogP contribution in [0.4, 0.5) is 10.1 Å². The van der Waals surface area contributed by atoms with E-state index in [1.165, 1.54) is 63.8 Å². The van der Waals surface area contributed by atoms with Crippen LogP contribution in [0.2, 0.25) is 0 Å². The predicted octanol–water partition coefficient (Wildman–Crippen LogP) is 7.44. The first-order valence-corrected chi connectivity index (χ1v) is 27.3. The number of carbonyl (C=O) groups is 5. The number of ether oxygens (including phenoxy) is 4. The van der Waals surface area contributed by atoms with Gasteiger partial charge in [0.05, 0.1) is 58.7 Å². The van der Waals surface area contributed by atoms with Crippen molar-refractivity contribution >= 4 is 40.4 Å². The van der Waals surface area contributed by atoms with Crippen molar-refractivity contribution in [2.75, 3.05) is 38.2 Å². The molecule has 17 nitrogen and oxygen atoms in total. The summed E-state index contributed by atoms with van der Waals surface area (Å²) in [5.41, 5.74) is 1.90. The number of nitrogens with one attached hydrogen (secondary N) is 1. The molecule has 7 heterocycles. The Kier molecular flexibility index (Phi) is 15.5. The van der Waals surface area contributed by atoms with E-state index >= 15 is 14.0 Å². The molecule has 3 fully saturated rings. The molecule has 3 aromatic rings. The molecular formula is C60H73FN4O13. The SMILES string of the molecule is CO[C@H]1/C=C/O[C@@]2(C)Oc3c(C)c(O)c4c(c3C2=O)C(=O)C(N2CCC(C3CCN(c5c(F)cn6c(=O)c(C)cc(C7CC7)c6c5C)C3)CC2)=C(NC(=O)/C(C)=C\C=C\[C@H](C)[C@H](O)[C@@H](C)[C@@H](O)[C@@H](C)[C@H](OC(C)=O)[C@@H]1C)C4=O. The third-order valence-electron chi connectivity index (χ3n) is 17.6. The van der Waals surface area contributed by atoms with Crippen LogP contribution in [0.15, 0.2) is 64.6 Å². The van der Waals surface area contributed by atoms with E-state index in [2.05, 4.69) is 10.2 Å². The number of carbonyl (C=O) groups excluding carboxylic acids is 5. The van der Waals surface area contributed by atoms with Gasteiger partial charge < -0.3 is 49.4 Å². The number of esters is 1. The number of benzene rings is 1. The smallest absolute Gasteiger partial charge is 0.312 e. The molecule has 1 aromatic carbocycles. The number of pyridine rings is 2. The Bertz CT molecular complexity index is 3180. The van der Waals surface area contributed by atoms with Crippen molar-refractivity contribution in [1.82, 2.24) is 14.6 Å². The highest BCUT2D eigenvalue weighted by molar-refractivity contribution is 6.32. The van der Waals surface area contributed by atoms with Crippen LogP contribution in [0.25, 0.3) is 5.52 Å². The van der Waals surface area contributed by atoms with E-state index in [1.807, 2.05) is 13.0 Å². The van der Waals surface area contributed by atoms with Gasteiger partial charge in [0.15, 0.2) is 5.82 Å². The Labute approximate surface area is 453 Å². The van der Waals surface area contributed by atoms with Crippen LogP contribution in [-0.4, -0.2) is 117 Å². The van der Waals surface area contributed by atoms with Crippen LogP contribution in [-0.2, 0) is 23.8 Å². The highest BCUT2D eigenvalue weighted by Crippen LogP contribution is 2.50. The van der Waals surface area contributed by atoms with E-state index in [0.717, 1.165) is 35.9 Å². The molecule has 1 unspecified atom stereocenters. The van der Waals surface area contributed by atoms with E-state index in [1.54, 1.807) is 51.7 Å². The summed E-state index contributed by atoms with van der Waals surface area (Å²) in [6.07, 6.45) is 8.65. The molecule has 10 rings (SSSR count). The average molecular weight is 1080 g/mol. The third kappa shape index (κ3) is 9.86. The lowest BCUT2D eigenvalue weighted by molar-refractivity contribution is -0.160. The minimum Gasteiger partial charge on any atom is -0.507 e. The number of rotatable bonds is 6. The molecule has 0 radical (unpaired) electrons. The topological polar surface area (TPSA) is 223 Å². The summed E-state index contributed by atoms with van der Waals surface area (Å²) >= 11 is 0. The van der Waals surface area contributed by atoms with Crippen LogP contribution in [0.5, 0.6) is 11.5 Å². The van der Waals surface area contributed by atoms with Crippen LogP contribution in [0, 0.1) is 62.1 Å². The average Bonchev–Trinajstić information content (AvgIpc) is 4.17. The number of aliphatic hydroxyl groups is 2. The van der Waals surface area contributed by atoms with Crippen molar-refractivity contribution in [1.29, 1.82) is 0 Å². The number of anilines is 1. The van der Waals surface area contributed by atoms with Crippen molar-refractivity contribution in [2.45, 2.75) is 137 Å². The molecule has 78 heavy (non-hydrogen) atoms. The lowest BCUT2D eigenvalue weighted by atomic mass is 9.78. The van der Waals surface area contributed by atoms with E-state index in [-0.39, 0.29) is 69.9 Å². The summed E-state index contributed by atoms with van der Waals surface area (Å²) in [4.78, 5) is 89.1. The summed E-state index contributed by atoms with van der Waals surface area (Å²) in [5, 5.41) is 37.7. The van der Waals surface area contributed by atoms with E-state index in [0.29, 0.717) is 43.1 Å². The van der Waals surface area contributed by atoms with Gasteiger partial charge in [-0.05, 0) is 101 Å². The number of phenols is 1. The minimum absolute atomic E-state index is 0.0151. The molecule has 2 saturated heterocycles. The fraction of sp³-hybridized carbons (Fsp3) is 0.533. The maximum atomic E-state index is 16.2. The standard InChI is InChI=1S/C60H73FN4O13/c1-28-13-12-14-29(2)58(73)62-46-49(63-21-17-37(18-22-63)39-19-23-64(26-39)48-32(5)47-40(38-15-16-38)25-30(3)59(74)65(47)27-41(48)61)54(71)43-44(53(46)70)52(69)35(8)56-45(43)57(72)60(10,78-56)76-24-20-42(75-11)31(4)55(77-36(9)66)34(7)51(68)33(6)50(28)67/h12-14,20,24-25,27-28,31,33-34,37-39,42,50-51,55,67-69H,15-19,21-23,26H2,1-11H3,(H,62,73)/b13-12+,24-20+,29-14-/t28-,31+,33+,34+,39?,42-,50-,51+,55+,60-/m0/s1. The highest BCUT2D eigenvalue weighted by Gasteiger charge is 2.53. The molecular weight excluding hydrogens is 1000 g/mol. The summed E-state index contributed by atoms with van der Waals surface area (Å²) < 4.78 is 41.6. The number of aliphatic hydroxyl groups excluding tert-OH is 2. The van der Waals surface area contributed by atoms with Crippen molar-refractivity contribution in [3.8, 4) is 11.5 Å². The number of amides is 1. The van der Waals surface area contributed by atoms with Gasteiger partial charge >= 0.3 is 11.8 Å². The van der Waals surface area contributed by atoms with Crippen molar-refractivity contribution in [3.05, 3.63) is 115 Å². The second kappa shape index (κ2) is 21.5. The zero-order chi connectivity index (χ0) is 56.6. The van der Waals surface area contributed by atoms with Gasteiger partial charge in [-0.15, -0.1) is 0 Å². The van der Waals surface area contributed by atoms with Crippen molar-refractivity contribution in [2.24, 2.45) is 35.5 Å². The van der Waals surface area contributed by atoms with Gasteiger partial charge in [-0.2, -0.15) is 0 Å². The maximum absolute atomic E-state index is 16.2. The Morgan fingerprint density at radius 3 is 2.15 bits per heavy atom. The molecule has 1 amide bonds. The number of aromatic nitrogens is 1. The maximum Gasteiger partial charge on any atom is 0.312 e. The molecule has 1 saturated carbocycles. The van der Waals surface area contributed by atoms with Crippen LogP contribution in [0.1, 0.15) is 140 Å². The number of halogens is 1. The largest absolute Gasteiger partial charge is 0.507 e. The van der Waals surface area contributed by atoms with E-state index in [9.17, 15) is 34.5 Å². The Hall–Kier alpha value is -6.63. The van der Waals surface area contributed by atoms with Gasteiger partial charge in [0.2, 0.25) is 11.6 Å². The number of nitrogens with zero attached hydrogens (tertiary/aromatic N) is 3. The van der Waals surface area contributed by atoms with Crippen molar-refractivity contribution < 1.29 is 62.6 Å². The number of ketones is 3. The Morgan fingerprint density at radius 2 is 1.50 bits per heavy atom. The lowest BCUT2D eigenvalue weighted by Crippen LogP contribution is -2.46. The minimum atomic E-state index is -2.13. The third-order valence-corrected chi connectivity index (χ3v) is 17.6. The number of Topliss-reactive ketones (excluding diaryl/α,β-unsaturated/α-hetero) is 3. The molecule has 0 spiro atoms. The van der Waals surface area contributed by atoms with Crippen LogP contribution in [0.3, 0.4) is 0 Å². The lowest BCUT2D eigenvalue weighted by Gasteiger charge is -2.39. The first-order chi connectivity index (χ1) is 36.9. The number of aromatic hydroxyl groups is 1. The normalized spacial score (nSPS) is 31.0. The molecule has 2 aromatic heterocycles. The number of piperidine rings is 1. The number of phenolic OH excluding ortho intramolecular Hbond substituents is 1. The van der Waals surface area contributed by atoms with Gasteiger partial charge in [-0.3, -0.25) is 33.2 Å². The molecule has 10 atom stereocenters. The van der Waals surface area contributed by atoms with E-state index < -0.39 is 100 Å². The fourth-order valence-electron chi connectivity index (χ4n) is 12.8. The van der Waals surface area contributed by atoms with Crippen LogP contribution < -0.4 is 20.5 Å². The number of fused-ring (bicyclic) bond motifs is 15. The monoisotopic (exact) mass is 1080 g/mol. The van der Waals surface area contributed by atoms with Gasteiger partial charge in [-0.25, -0.2) is 4.39 Å². The zero-order valence-corrected chi connectivity index (χ0v) is 46.4. The molecule has 5 aliphatic heterocycles. The molecule has 418 valence electrons. The van der Waals surface area contributed by atoms with Gasteiger partial charge in [-0.1, -0.05) is 45.9 Å². The first-order valence-electron chi connectivity index (χ1n) is 27.3. The van der Waals surface area contributed by atoms with Crippen LogP contribution >= 0.6 is 0 Å². The molecule has 2 aliphatic carbocycles. The molecule has 5 bridgehead atoms. The first kappa shape index (κ1) is 56.1. The van der Waals surface area contributed by atoms with Crippen molar-refractivity contribution in [3.63, 3.8) is 0 Å². The number of methoxy groups -OCH3 is 1. The Morgan fingerprint density at radius 1 is 0.833 bits per heavy atom. The second-order valence-electron chi connectivity index (χ2n) is 22.9. The highest BCUT2D eigenvalue weighted by atomic mass is 19.1. The molecule has 7 aliphatic rings. The second-order valence-corrected chi connectivity index (χ2v) is 22.9. The number of hydrogen-bond donors (Lipinski definition) is 4. The Balaban J connectivity index is 1.05. The summed E-state index contributed by atoms with van der Waals surface area (Å²) in [7, 11) is 1.43. The number of allylic oxidation sites excluding steroid dienone is 4. The fourth-order valence-corrected chi connectivity index (χ4v) is 12.8. The summed E-state index contributed by atoms with van der Waals surface area (Å²) in [6.45, 7) is 17.8. The number of aryl methyl sites for hydroxylation is 2. The summed E-state index contributed by atoms with van der Waals surface area (Å²) in [5.74, 6) is -9.21. The van der Waals surface area contributed by atoms with Gasteiger partial charge in [0.1, 0.15) is 29.0 Å². The predicted molar refractivity (Wildman–Crippen MR) is 288 cm³/mol. The van der Waals surface area contributed by atoms with Gasteiger partial charge in [0.25, 0.3) is 17.2 Å².